The van der Waals surface area contributed by atoms with Crippen molar-refractivity contribution in [2.45, 2.75) is 64.5 Å². The molecule has 0 saturated heterocycles. The zero-order chi connectivity index (χ0) is 14.5. The molecule has 0 bridgehead atoms. The van der Waals surface area contributed by atoms with E-state index in [4.69, 9.17) is 5.73 Å². The number of rotatable bonds is 5. The Morgan fingerprint density at radius 3 is 2.80 bits per heavy atom. The number of nitrogens with zero attached hydrogens (tertiary/aromatic N) is 1. The molecule has 1 amide bonds. The maximum absolute atomic E-state index is 12.0. The average Bonchev–Trinajstić information content (AvgIpc) is 2.87. The van der Waals surface area contributed by atoms with Crippen molar-refractivity contribution < 1.29 is 4.79 Å². The van der Waals surface area contributed by atoms with E-state index in [2.05, 4.69) is 24.1 Å². The summed E-state index contributed by atoms with van der Waals surface area (Å²) in [5, 5.41) is 6.01. The van der Waals surface area contributed by atoms with Gasteiger partial charge >= 0.3 is 0 Å². The maximum Gasteiger partial charge on any atom is 0.226 e. The van der Waals surface area contributed by atoms with E-state index in [0.29, 0.717) is 18.4 Å². The number of amides is 1. The van der Waals surface area contributed by atoms with Crippen LogP contribution in [-0.4, -0.2) is 16.9 Å². The normalized spacial score (nSPS) is 18.2. The first-order valence-corrected chi connectivity index (χ1v) is 8.43. The topological polar surface area (TPSA) is 68.0 Å². The summed E-state index contributed by atoms with van der Waals surface area (Å²) in [6, 6.07) is 0.336. The summed E-state index contributed by atoms with van der Waals surface area (Å²) in [5.41, 5.74) is 6.92. The van der Waals surface area contributed by atoms with Gasteiger partial charge in [0.05, 0.1) is 18.2 Å². The van der Waals surface area contributed by atoms with Gasteiger partial charge in [0.2, 0.25) is 5.91 Å². The molecule has 20 heavy (non-hydrogen) atoms. The number of nitrogens with two attached hydrogens (primary N) is 1. The lowest BCUT2D eigenvalue weighted by Gasteiger charge is -2.22. The smallest absolute Gasteiger partial charge is 0.226 e. The molecule has 1 aromatic rings. The number of hydrogen-bond acceptors (Lipinski definition) is 4. The van der Waals surface area contributed by atoms with Crippen molar-refractivity contribution in [1.29, 1.82) is 0 Å². The van der Waals surface area contributed by atoms with Gasteiger partial charge in [0.25, 0.3) is 0 Å². The van der Waals surface area contributed by atoms with Gasteiger partial charge in [0, 0.05) is 11.4 Å². The third-order valence-corrected chi connectivity index (χ3v) is 4.88. The molecule has 112 valence electrons. The van der Waals surface area contributed by atoms with Crippen LogP contribution in [-0.2, 0) is 11.2 Å². The first kappa shape index (κ1) is 15.4. The summed E-state index contributed by atoms with van der Waals surface area (Å²) < 4.78 is 0. The highest BCUT2D eigenvalue weighted by atomic mass is 32.1. The first-order chi connectivity index (χ1) is 9.56. The molecule has 0 radical (unpaired) electrons. The number of thiazole rings is 1. The Morgan fingerprint density at radius 1 is 1.45 bits per heavy atom. The van der Waals surface area contributed by atoms with E-state index < -0.39 is 0 Å². The van der Waals surface area contributed by atoms with Crippen molar-refractivity contribution in [1.82, 2.24) is 10.3 Å². The lowest BCUT2D eigenvalue weighted by Crippen LogP contribution is -2.37. The van der Waals surface area contributed by atoms with Gasteiger partial charge in [-0.1, -0.05) is 33.1 Å². The van der Waals surface area contributed by atoms with E-state index >= 15 is 0 Å². The largest absolute Gasteiger partial charge is 0.353 e. The highest BCUT2D eigenvalue weighted by Gasteiger charge is 2.18. The lowest BCUT2D eigenvalue weighted by molar-refractivity contribution is -0.121. The molecule has 2 rings (SSSR count). The van der Waals surface area contributed by atoms with Crippen LogP contribution in [0.1, 0.15) is 62.7 Å². The molecule has 0 aliphatic heterocycles. The number of nitrogens with one attached hydrogen (secondary N) is 1. The van der Waals surface area contributed by atoms with Gasteiger partial charge in [0.15, 0.2) is 0 Å². The molecule has 1 atom stereocenters. The maximum atomic E-state index is 12.0. The second kappa shape index (κ2) is 7.18. The van der Waals surface area contributed by atoms with Crippen LogP contribution in [0.15, 0.2) is 5.38 Å². The van der Waals surface area contributed by atoms with E-state index in [9.17, 15) is 4.79 Å². The van der Waals surface area contributed by atoms with Crippen LogP contribution in [0, 0.1) is 5.92 Å². The van der Waals surface area contributed by atoms with E-state index in [1.54, 1.807) is 11.3 Å². The van der Waals surface area contributed by atoms with Crippen LogP contribution >= 0.6 is 11.3 Å². The first-order valence-electron chi connectivity index (χ1n) is 7.55. The molecule has 3 N–H and O–H groups in total. The van der Waals surface area contributed by atoms with Crippen LogP contribution < -0.4 is 11.1 Å². The Morgan fingerprint density at radius 2 is 2.15 bits per heavy atom. The summed E-state index contributed by atoms with van der Waals surface area (Å²) >= 11 is 1.56. The minimum Gasteiger partial charge on any atom is -0.353 e. The number of aromatic nitrogens is 1. The van der Waals surface area contributed by atoms with Gasteiger partial charge in [0.1, 0.15) is 5.01 Å². The Bertz CT molecular complexity index is 438. The van der Waals surface area contributed by atoms with Crippen molar-refractivity contribution in [3.05, 3.63) is 16.1 Å². The zero-order valence-corrected chi connectivity index (χ0v) is 13.2. The van der Waals surface area contributed by atoms with Gasteiger partial charge in [-0.05, 0) is 18.8 Å². The molecule has 0 aromatic carbocycles. The van der Waals surface area contributed by atoms with Crippen molar-refractivity contribution in [2.24, 2.45) is 11.7 Å². The molecule has 1 aliphatic rings. The summed E-state index contributed by atoms with van der Waals surface area (Å²) in [5.74, 6) is 0.455. The molecule has 1 fully saturated rings. The third kappa shape index (κ3) is 4.28. The molecule has 1 heterocycles. The minimum atomic E-state index is -0.0323. The standard InChI is InChI=1S/C15H25N3OS/c1-10(2)14(16)15-18-12(9-20-15)8-13(19)17-11-6-4-3-5-7-11/h9-11,14H,3-8,16H2,1-2H3,(H,17,19). The SMILES string of the molecule is CC(C)C(N)c1nc(CC(=O)NC2CCCCC2)cs1. The minimum absolute atomic E-state index is 0.0323. The highest BCUT2D eigenvalue weighted by molar-refractivity contribution is 7.09. The molecule has 4 nitrogen and oxygen atoms in total. The van der Waals surface area contributed by atoms with Crippen LogP contribution in [0.2, 0.25) is 0 Å². The van der Waals surface area contributed by atoms with E-state index in [0.717, 1.165) is 23.5 Å². The van der Waals surface area contributed by atoms with Gasteiger partial charge in [-0.2, -0.15) is 0 Å². The van der Waals surface area contributed by atoms with Crippen LogP contribution in [0.5, 0.6) is 0 Å². The Kier molecular flexibility index (Phi) is 5.54. The van der Waals surface area contributed by atoms with Crippen LogP contribution in [0.3, 0.4) is 0 Å². The summed E-state index contributed by atoms with van der Waals surface area (Å²) in [6.45, 7) is 4.17. The average molecular weight is 295 g/mol. The van der Waals surface area contributed by atoms with E-state index in [1.165, 1.54) is 19.3 Å². The number of hydrogen-bond donors (Lipinski definition) is 2. The number of carbonyl (C=O) groups is 1. The van der Waals surface area contributed by atoms with Gasteiger partial charge in [-0.15, -0.1) is 11.3 Å². The molecule has 0 spiro atoms. The second-order valence-electron chi connectivity index (χ2n) is 6.03. The molecule has 1 unspecified atom stereocenters. The van der Waals surface area contributed by atoms with Gasteiger partial charge < -0.3 is 11.1 Å². The van der Waals surface area contributed by atoms with Crippen molar-refractivity contribution in [3.63, 3.8) is 0 Å². The molecule has 5 heteroatoms. The molecular formula is C15H25N3OS. The molecule has 1 aromatic heterocycles. The van der Waals surface area contributed by atoms with E-state index in [1.807, 2.05) is 5.38 Å². The van der Waals surface area contributed by atoms with Crippen LogP contribution in [0.25, 0.3) is 0 Å². The summed E-state index contributed by atoms with van der Waals surface area (Å²) in [7, 11) is 0. The van der Waals surface area contributed by atoms with Gasteiger partial charge in [-0.25, -0.2) is 4.98 Å². The predicted molar refractivity (Wildman–Crippen MR) is 82.6 cm³/mol. The Labute approximate surface area is 125 Å². The van der Waals surface area contributed by atoms with E-state index in [-0.39, 0.29) is 11.9 Å². The van der Waals surface area contributed by atoms with Gasteiger partial charge in [-0.3, -0.25) is 4.79 Å². The summed E-state index contributed by atoms with van der Waals surface area (Å²) in [4.78, 5) is 16.5. The molecular weight excluding hydrogens is 270 g/mol. The zero-order valence-electron chi connectivity index (χ0n) is 12.4. The van der Waals surface area contributed by atoms with Crippen molar-refractivity contribution >= 4 is 17.2 Å². The summed E-state index contributed by atoms with van der Waals surface area (Å²) in [6.07, 6.45) is 6.37. The van der Waals surface area contributed by atoms with Crippen LogP contribution in [0.4, 0.5) is 0 Å². The van der Waals surface area contributed by atoms with Crippen molar-refractivity contribution in [2.75, 3.05) is 0 Å². The Balaban J connectivity index is 1.85. The second-order valence-corrected chi connectivity index (χ2v) is 6.92. The fraction of sp³-hybridized carbons (Fsp3) is 0.733. The fourth-order valence-corrected chi connectivity index (χ4v) is 3.52. The quantitative estimate of drug-likeness (QED) is 0.877. The highest BCUT2D eigenvalue weighted by Crippen LogP contribution is 2.23. The van der Waals surface area contributed by atoms with Crippen molar-refractivity contribution in [3.8, 4) is 0 Å². The fourth-order valence-electron chi connectivity index (χ4n) is 2.53. The lowest BCUT2D eigenvalue weighted by atomic mass is 9.95. The Hall–Kier alpha value is -0.940. The molecule has 1 aliphatic carbocycles. The monoisotopic (exact) mass is 295 g/mol. The predicted octanol–water partition coefficient (Wildman–Crippen LogP) is 2.79. The third-order valence-electron chi connectivity index (χ3n) is 3.88. The number of carbonyl (C=O) groups excluding carboxylic acids is 1. The molecule has 1 saturated carbocycles.